The summed E-state index contributed by atoms with van der Waals surface area (Å²) in [5, 5.41) is 20.7. The molecule has 2 aromatic carbocycles. The molecular weight excluding hydrogens is 262 g/mol. The van der Waals surface area contributed by atoms with Crippen LogP contribution in [0.15, 0.2) is 48.5 Å². The van der Waals surface area contributed by atoms with Gasteiger partial charge in [0.25, 0.3) is 0 Å². The molecule has 0 saturated heterocycles. The Kier molecular flexibility index (Phi) is 3.40. The third-order valence-corrected chi connectivity index (χ3v) is 4.15. The van der Waals surface area contributed by atoms with Crippen LogP contribution in [0, 0.1) is 18.3 Å². The maximum atomic E-state index is 10.9. The number of rotatable bonds is 2. The van der Waals surface area contributed by atoms with Gasteiger partial charge in [0, 0.05) is 12.0 Å². The van der Waals surface area contributed by atoms with Crippen LogP contribution in [0.4, 0.5) is 0 Å². The van der Waals surface area contributed by atoms with Gasteiger partial charge in [-0.2, -0.15) is 5.26 Å². The Balaban J connectivity index is 2.12. The molecule has 1 heterocycles. The monoisotopic (exact) mass is 279 g/mol. The van der Waals surface area contributed by atoms with Crippen molar-refractivity contribution in [3.63, 3.8) is 0 Å². The summed E-state index contributed by atoms with van der Waals surface area (Å²) in [7, 11) is 0. The molecule has 0 aliphatic carbocycles. The van der Waals surface area contributed by atoms with Gasteiger partial charge in [-0.15, -0.1) is 0 Å². The summed E-state index contributed by atoms with van der Waals surface area (Å²) in [5.41, 5.74) is 1.66. The van der Waals surface area contributed by atoms with Crippen LogP contribution in [0.2, 0.25) is 0 Å². The van der Waals surface area contributed by atoms with E-state index in [9.17, 15) is 10.4 Å². The molecule has 3 heteroatoms. The van der Waals surface area contributed by atoms with Crippen molar-refractivity contribution in [2.24, 2.45) is 0 Å². The number of nitrogens with zero attached hydrogens (tertiary/aromatic N) is 1. The van der Waals surface area contributed by atoms with E-state index in [2.05, 4.69) is 6.07 Å². The Hall–Kier alpha value is -2.31. The minimum absolute atomic E-state index is 0.438. The van der Waals surface area contributed by atoms with Crippen LogP contribution in [-0.2, 0) is 5.41 Å². The molecule has 1 N–H and O–H groups in total. The SMILES string of the molecule is Cc1cccc(C(O)C2(C#N)CCOc3ccccc32)c1. The number of nitriles is 1. The van der Waals surface area contributed by atoms with E-state index in [0.29, 0.717) is 18.8 Å². The Morgan fingerprint density at radius 3 is 2.81 bits per heavy atom. The van der Waals surface area contributed by atoms with E-state index in [1.54, 1.807) is 0 Å². The van der Waals surface area contributed by atoms with Crippen LogP contribution in [0.3, 0.4) is 0 Å². The molecule has 21 heavy (non-hydrogen) atoms. The molecule has 0 amide bonds. The molecular formula is C18H17NO2. The molecule has 106 valence electrons. The predicted octanol–water partition coefficient (Wildman–Crippen LogP) is 3.27. The smallest absolute Gasteiger partial charge is 0.124 e. The van der Waals surface area contributed by atoms with E-state index in [4.69, 9.17) is 4.74 Å². The number of hydrogen-bond acceptors (Lipinski definition) is 3. The number of para-hydroxylation sites is 1. The zero-order chi connectivity index (χ0) is 14.9. The van der Waals surface area contributed by atoms with Crippen molar-refractivity contribution in [2.75, 3.05) is 6.61 Å². The molecule has 0 spiro atoms. The first-order valence-corrected chi connectivity index (χ1v) is 7.05. The van der Waals surface area contributed by atoms with E-state index in [1.807, 2.05) is 55.5 Å². The summed E-state index contributed by atoms with van der Waals surface area (Å²) in [5.74, 6) is 0.692. The minimum atomic E-state index is -0.956. The van der Waals surface area contributed by atoms with Gasteiger partial charge in [0.15, 0.2) is 0 Å². The predicted molar refractivity (Wildman–Crippen MR) is 80.0 cm³/mol. The average molecular weight is 279 g/mol. The number of hydrogen-bond donors (Lipinski definition) is 1. The quantitative estimate of drug-likeness (QED) is 0.918. The van der Waals surface area contributed by atoms with Crippen molar-refractivity contribution in [3.05, 3.63) is 65.2 Å². The van der Waals surface area contributed by atoms with Crippen molar-refractivity contribution in [1.82, 2.24) is 0 Å². The molecule has 0 bridgehead atoms. The fourth-order valence-electron chi connectivity index (χ4n) is 3.00. The molecule has 1 aliphatic rings. The second-order valence-electron chi connectivity index (χ2n) is 5.49. The lowest BCUT2D eigenvalue weighted by Crippen LogP contribution is -2.37. The summed E-state index contributed by atoms with van der Waals surface area (Å²) >= 11 is 0. The van der Waals surface area contributed by atoms with E-state index in [0.717, 1.165) is 16.7 Å². The summed E-state index contributed by atoms with van der Waals surface area (Å²) in [6.45, 7) is 2.42. The van der Waals surface area contributed by atoms with Crippen molar-refractivity contribution >= 4 is 0 Å². The molecule has 0 fully saturated rings. The average Bonchev–Trinajstić information content (AvgIpc) is 2.53. The van der Waals surface area contributed by atoms with Crippen LogP contribution in [0.1, 0.15) is 29.2 Å². The van der Waals surface area contributed by atoms with Crippen LogP contribution < -0.4 is 4.74 Å². The van der Waals surface area contributed by atoms with Crippen LogP contribution in [0.25, 0.3) is 0 Å². The van der Waals surface area contributed by atoms with Gasteiger partial charge in [0.2, 0.25) is 0 Å². The van der Waals surface area contributed by atoms with Gasteiger partial charge in [0.1, 0.15) is 17.3 Å². The molecule has 2 unspecified atom stereocenters. The number of aliphatic hydroxyl groups is 1. The van der Waals surface area contributed by atoms with Gasteiger partial charge < -0.3 is 9.84 Å². The molecule has 0 radical (unpaired) electrons. The maximum absolute atomic E-state index is 10.9. The van der Waals surface area contributed by atoms with E-state index in [-0.39, 0.29) is 0 Å². The number of aliphatic hydroxyl groups excluding tert-OH is 1. The highest BCUT2D eigenvalue weighted by Gasteiger charge is 2.45. The fraction of sp³-hybridized carbons (Fsp3) is 0.278. The topological polar surface area (TPSA) is 53.2 Å². The summed E-state index contributed by atoms with van der Waals surface area (Å²) in [6.07, 6.45) is -0.386. The highest BCUT2D eigenvalue weighted by atomic mass is 16.5. The van der Waals surface area contributed by atoms with Crippen LogP contribution >= 0.6 is 0 Å². The standard InChI is InChI=1S/C18H17NO2/c1-13-5-4-6-14(11-13)17(20)18(12-19)9-10-21-16-8-3-2-7-15(16)18/h2-8,11,17,20H,9-10H2,1H3. The highest BCUT2D eigenvalue weighted by molar-refractivity contribution is 5.48. The third-order valence-electron chi connectivity index (χ3n) is 4.15. The molecule has 0 saturated carbocycles. The molecule has 2 atom stereocenters. The molecule has 0 aromatic heterocycles. The van der Waals surface area contributed by atoms with Gasteiger partial charge in [-0.05, 0) is 18.6 Å². The van der Waals surface area contributed by atoms with Crippen molar-refractivity contribution in [3.8, 4) is 11.8 Å². The minimum Gasteiger partial charge on any atom is -0.493 e. The van der Waals surface area contributed by atoms with E-state index < -0.39 is 11.5 Å². The zero-order valence-electron chi connectivity index (χ0n) is 11.9. The first-order valence-electron chi connectivity index (χ1n) is 7.05. The van der Waals surface area contributed by atoms with Gasteiger partial charge >= 0.3 is 0 Å². The number of aryl methyl sites for hydroxylation is 1. The summed E-state index contributed by atoms with van der Waals surface area (Å²) < 4.78 is 5.63. The number of benzene rings is 2. The van der Waals surface area contributed by atoms with E-state index >= 15 is 0 Å². The van der Waals surface area contributed by atoms with Gasteiger partial charge in [-0.3, -0.25) is 0 Å². The van der Waals surface area contributed by atoms with Crippen molar-refractivity contribution < 1.29 is 9.84 Å². The lowest BCUT2D eigenvalue weighted by Gasteiger charge is -2.37. The van der Waals surface area contributed by atoms with Gasteiger partial charge in [-0.1, -0.05) is 48.0 Å². The highest BCUT2D eigenvalue weighted by Crippen LogP contribution is 2.46. The second-order valence-corrected chi connectivity index (χ2v) is 5.49. The molecule has 3 nitrogen and oxygen atoms in total. The Morgan fingerprint density at radius 2 is 2.05 bits per heavy atom. The van der Waals surface area contributed by atoms with Crippen molar-refractivity contribution in [1.29, 1.82) is 5.26 Å². The Bertz CT molecular complexity index is 704. The Labute approximate surface area is 124 Å². The van der Waals surface area contributed by atoms with Gasteiger partial charge in [0.05, 0.1) is 12.7 Å². The molecule has 2 aromatic rings. The van der Waals surface area contributed by atoms with Crippen molar-refractivity contribution in [2.45, 2.75) is 24.9 Å². The Morgan fingerprint density at radius 1 is 1.24 bits per heavy atom. The number of ether oxygens (including phenoxy) is 1. The summed E-state index contributed by atoms with van der Waals surface area (Å²) in [6, 6.07) is 17.5. The lowest BCUT2D eigenvalue weighted by atomic mass is 9.71. The van der Waals surface area contributed by atoms with Gasteiger partial charge in [-0.25, -0.2) is 0 Å². The van der Waals surface area contributed by atoms with Crippen LogP contribution in [0.5, 0.6) is 5.75 Å². The maximum Gasteiger partial charge on any atom is 0.124 e. The van der Waals surface area contributed by atoms with Crippen LogP contribution in [-0.4, -0.2) is 11.7 Å². The first-order chi connectivity index (χ1) is 10.2. The zero-order valence-corrected chi connectivity index (χ0v) is 11.9. The summed E-state index contributed by atoms with van der Waals surface area (Å²) in [4.78, 5) is 0. The third kappa shape index (κ3) is 2.18. The fourth-order valence-corrected chi connectivity index (χ4v) is 3.00. The second kappa shape index (κ2) is 5.23. The number of fused-ring (bicyclic) bond motifs is 1. The molecule has 1 aliphatic heterocycles. The normalized spacial score (nSPS) is 21.8. The first kappa shape index (κ1) is 13.7. The largest absolute Gasteiger partial charge is 0.493 e. The molecule has 3 rings (SSSR count). The lowest BCUT2D eigenvalue weighted by molar-refractivity contribution is 0.0806. The van der Waals surface area contributed by atoms with E-state index in [1.165, 1.54) is 0 Å².